The number of hydrogen-bond donors (Lipinski definition) is 2. The van der Waals surface area contributed by atoms with Gasteiger partial charge in [0.2, 0.25) is 0 Å². The van der Waals surface area contributed by atoms with Gasteiger partial charge >= 0.3 is 0 Å². The minimum atomic E-state index is -0.827. The fourth-order valence-corrected chi connectivity index (χ4v) is 2.24. The summed E-state index contributed by atoms with van der Waals surface area (Å²) in [6, 6.07) is 9.48. The zero-order valence-corrected chi connectivity index (χ0v) is 9.27. The number of hydrogen-bond acceptors (Lipinski definition) is 2. The van der Waals surface area contributed by atoms with Crippen molar-refractivity contribution in [1.29, 1.82) is 0 Å². The molecule has 2 nitrogen and oxygen atoms in total. The maximum absolute atomic E-state index is 13.6. The smallest absolute Gasteiger partial charge is 0.115 e. The van der Waals surface area contributed by atoms with Gasteiger partial charge in [-0.05, 0) is 30.9 Å². The van der Waals surface area contributed by atoms with E-state index in [9.17, 15) is 9.50 Å². The van der Waals surface area contributed by atoms with Crippen LogP contribution in [-0.2, 0) is 0 Å². The lowest BCUT2D eigenvalue weighted by atomic mass is 9.88. The zero-order valence-electron chi connectivity index (χ0n) is 9.27. The van der Waals surface area contributed by atoms with Crippen molar-refractivity contribution in [3.8, 4) is 0 Å². The minimum absolute atomic E-state index is 0.0172. The molecule has 16 heavy (non-hydrogen) atoms. The van der Waals surface area contributed by atoms with Gasteiger partial charge in [-0.2, -0.15) is 0 Å². The summed E-state index contributed by atoms with van der Waals surface area (Å²) < 4.78 is 13.6. The second kappa shape index (κ2) is 5.41. The maximum atomic E-state index is 13.6. The number of benzene rings is 1. The zero-order chi connectivity index (χ0) is 11.4. The molecule has 1 aliphatic heterocycles. The highest BCUT2D eigenvalue weighted by Gasteiger charge is 2.26. The molecule has 1 aromatic carbocycles. The Balaban J connectivity index is 1.94. The van der Waals surface area contributed by atoms with E-state index in [1.165, 1.54) is 0 Å². The van der Waals surface area contributed by atoms with Crippen LogP contribution in [-0.4, -0.2) is 24.4 Å². The Hall–Kier alpha value is -0.930. The highest BCUT2D eigenvalue weighted by molar-refractivity contribution is 5.17. The Labute approximate surface area is 95.5 Å². The van der Waals surface area contributed by atoms with Gasteiger partial charge in [0.15, 0.2) is 0 Å². The predicted octanol–water partition coefficient (Wildman–Crippen LogP) is 2.06. The van der Waals surface area contributed by atoms with Crippen LogP contribution in [0.4, 0.5) is 4.39 Å². The molecular weight excluding hydrogens is 205 g/mol. The molecule has 0 aromatic heterocycles. The third-order valence-corrected chi connectivity index (χ3v) is 3.25. The van der Waals surface area contributed by atoms with Gasteiger partial charge < -0.3 is 10.4 Å². The standard InChI is InChI=1S/C13H18FNO/c14-12-9-15-7-6-11(12)8-13(16)10-4-2-1-3-5-10/h1-5,11-13,15-16H,6-9H2. The minimum Gasteiger partial charge on any atom is -0.388 e. The molecule has 0 aliphatic carbocycles. The van der Waals surface area contributed by atoms with E-state index >= 15 is 0 Å². The lowest BCUT2D eigenvalue weighted by Crippen LogP contribution is -2.38. The van der Waals surface area contributed by atoms with Crippen LogP contribution in [0.25, 0.3) is 0 Å². The first-order chi connectivity index (χ1) is 7.77. The van der Waals surface area contributed by atoms with Gasteiger partial charge in [0.25, 0.3) is 0 Å². The molecule has 1 fully saturated rings. The van der Waals surface area contributed by atoms with Gasteiger partial charge in [-0.25, -0.2) is 4.39 Å². The summed E-state index contributed by atoms with van der Waals surface area (Å²) in [5.41, 5.74) is 0.883. The van der Waals surface area contributed by atoms with Crippen LogP contribution in [0.15, 0.2) is 30.3 Å². The molecule has 88 valence electrons. The molecule has 1 saturated heterocycles. The van der Waals surface area contributed by atoms with Crippen molar-refractivity contribution in [1.82, 2.24) is 5.32 Å². The highest BCUT2D eigenvalue weighted by Crippen LogP contribution is 2.27. The largest absolute Gasteiger partial charge is 0.388 e. The van der Waals surface area contributed by atoms with Crippen molar-refractivity contribution < 1.29 is 9.50 Å². The molecule has 2 rings (SSSR count). The van der Waals surface area contributed by atoms with E-state index in [2.05, 4.69) is 5.32 Å². The van der Waals surface area contributed by atoms with E-state index in [0.717, 1.165) is 18.5 Å². The second-order valence-corrected chi connectivity index (χ2v) is 4.43. The monoisotopic (exact) mass is 223 g/mol. The average molecular weight is 223 g/mol. The van der Waals surface area contributed by atoms with Crippen LogP contribution in [0.1, 0.15) is 24.5 Å². The summed E-state index contributed by atoms with van der Waals surface area (Å²) in [6.07, 6.45) is -0.0348. The van der Waals surface area contributed by atoms with Gasteiger partial charge in [-0.1, -0.05) is 30.3 Å². The molecule has 3 atom stereocenters. The van der Waals surface area contributed by atoms with Gasteiger partial charge in [0, 0.05) is 6.54 Å². The van der Waals surface area contributed by atoms with E-state index < -0.39 is 12.3 Å². The molecule has 0 spiro atoms. The molecule has 0 bridgehead atoms. The topological polar surface area (TPSA) is 32.3 Å². The molecule has 3 heteroatoms. The van der Waals surface area contributed by atoms with Crippen LogP contribution in [0, 0.1) is 5.92 Å². The fraction of sp³-hybridized carbons (Fsp3) is 0.538. The molecule has 3 unspecified atom stereocenters. The first-order valence-corrected chi connectivity index (χ1v) is 5.85. The Morgan fingerprint density at radius 3 is 2.81 bits per heavy atom. The number of aliphatic hydroxyl groups is 1. The predicted molar refractivity (Wildman–Crippen MR) is 61.9 cm³/mol. The Morgan fingerprint density at radius 1 is 1.38 bits per heavy atom. The Morgan fingerprint density at radius 2 is 2.12 bits per heavy atom. The van der Waals surface area contributed by atoms with Gasteiger partial charge in [0.1, 0.15) is 6.17 Å². The third-order valence-electron chi connectivity index (χ3n) is 3.25. The summed E-state index contributed by atoms with van der Waals surface area (Å²) >= 11 is 0. The van der Waals surface area contributed by atoms with Crippen LogP contribution in [0.2, 0.25) is 0 Å². The van der Waals surface area contributed by atoms with Crippen LogP contribution in [0.3, 0.4) is 0 Å². The van der Waals surface area contributed by atoms with Crippen molar-refractivity contribution in [3.05, 3.63) is 35.9 Å². The van der Waals surface area contributed by atoms with Crippen molar-refractivity contribution in [2.45, 2.75) is 25.1 Å². The van der Waals surface area contributed by atoms with E-state index in [-0.39, 0.29) is 5.92 Å². The van der Waals surface area contributed by atoms with Crippen molar-refractivity contribution >= 4 is 0 Å². The van der Waals surface area contributed by atoms with E-state index in [4.69, 9.17) is 0 Å². The van der Waals surface area contributed by atoms with Crippen molar-refractivity contribution in [2.75, 3.05) is 13.1 Å². The summed E-state index contributed by atoms with van der Waals surface area (Å²) in [6.45, 7) is 1.28. The van der Waals surface area contributed by atoms with E-state index in [0.29, 0.717) is 13.0 Å². The van der Waals surface area contributed by atoms with Gasteiger partial charge in [-0.15, -0.1) is 0 Å². The van der Waals surface area contributed by atoms with Crippen molar-refractivity contribution in [3.63, 3.8) is 0 Å². The molecule has 1 heterocycles. The van der Waals surface area contributed by atoms with Gasteiger partial charge in [0.05, 0.1) is 6.10 Å². The van der Waals surface area contributed by atoms with Crippen molar-refractivity contribution in [2.24, 2.45) is 5.92 Å². The molecule has 2 N–H and O–H groups in total. The quantitative estimate of drug-likeness (QED) is 0.822. The first kappa shape index (κ1) is 11.6. The molecule has 1 aliphatic rings. The molecule has 1 aromatic rings. The molecule has 0 radical (unpaired) electrons. The van der Waals surface area contributed by atoms with Crippen LogP contribution in [0.5, 0.6) is 0 Å². The summed E-state index contributed by atoms with van der Waals surface area (Å²) in [4.78, 5) is 0. The number of rotatable bonds is 3. The number of aliphatic hydroxyl groups excluding tert-OH is 1. The Kier molecular flexibility index (Phi) is 3.91. The first-order valence-electron chi connectivity index (χ1n) is 5.85. The fourth-order valence-electron chi connectivity index (χ4n) is 2.24. The number of halogens is 1. The normalized spacial score (nSPS) is 27.6. The van der Waals surface area contributed by atoms with E-state index in [1.807, 2.05) is 30.3 Å². The molecule has 0 saturated carbocycles. The van der Waals surface area contributed by atoms with Crippen LogP contribution >= 0.6 is 0 Å². The summed E-state index contributed by atoms with van der Waals surface area (Å²) in [5, 5.41) is 13.0. The second-order valence-electron chi connectivity index (χ2n) is 4.43. The lowest BCUT2D eigenvalue weighted by Gasteiger charge is -2.28. The number of alkyl halides is 1. The van der Waals surface area contributed by atoms with E-state index in [1.54, 1.807) is 0 Å². The molecular formula is C13H18FNO. The maximum Gasteiger partial charge on any atom is 0.115 e. The Bertz CT molecular complexity index is 317. The third kappa shape index (κ3) is 2.80. The van der Waals surface area contributed by atoms with Crippen LogP contribution < -0.4 is 5.32 Å². The highest BCUT2D eigenvalue weighted by atomic mass is 19.1. The summed E-state index contributed by atoms with van der Waals surface area (Å²) in [5.74, 6) is -0.0172. The lowest BCUT2D eigenvalue weighted by molar-refractivity contribution is 0.0919. The summed E-state index contributed by atoms with van der Waals surface area (Å²) in [7, 11) is 0. The van der Waals surface area contributed by atoms with Gasteiger partial charge in [-0.3, -0.25) is 0 Å². The number of piperidine rings is 1. The SMILES string of the molecule is OC(CC1CCNCC1F)c1ccccc1. The average Bonchev–Trinajstić information content (AvgIpc) is 2.33. The number of nitrogens with one attached hydrogen (secondary N) is 1. The molecule has 0 amide bonds.